The molecule has 2 aliphatic heterocycles. The Bertz CT molecular complexity index is 608. The van der Waals surface area contributed by atoms with Crippen molar-refractivity contribution in [2.45, 2.75) is 32.4 Å². The van der Waals surface area contributed by atoms with E-state index in [9.17, 15) is 4.79 Å². The Morgan fingerprint density at radius 3 is 2.58 bits per heavy atom. The van der Waals surface area contributed by atoms with Gasteiger partial charge >= 0.3 is 0 Å². The van der Waals surface area contributed by atoms with Crippen LogP contribution in [0.4, 0.5) is 10.2 Å². The van der Waals surface area contributed by atoms with Crippen LogP contribution >= 0.6 is 0 Å². The third-order valence-corrected chi connectivity index (χ3v) is 5.03. The van der Waals surface area contributed by atoms with E-state index < -0.39 is 5.67 Å². The molecule has 0 unspecified atom stereocenters. The number of amides is 1. The van der Waals surface area contributed by atoms with E-state index >= 15 is 4.39 Å². The number of alkyl halides is 1. The molecule has 0 aromatic carbocycles. The number of hydrogen-bond acceptors (Lipinski definition) is 6. The van der Waals surface area contributed by atoms with Crippen LogP contribution in [-0.4, -0.2) is 83.8 Å². The van der Waals surface area contributed by atoms with E-state index in [0.29, 0.717) is 70.4 Å². The number of aryl methyl sites for hydroxylation is 2. The molecule has 0 aliphatic carbocycles. The highest BCUT2D eigenvalue weighted by Gasteiger charge is 2.35. The van der Waals surface area contributed by atoms with Crippen LogP contribution in [0.2, 0.25) is 0 Å². The van der Waals surface area contributed by atoms with Gasteiger partial charge in [-0.25, -0.2) is 14.4 Å². The predicted molar refractivity (Wildman–Crippen MR) is 96.9 cm³/mol. The Labute approximate surface area is 153 Å². The molecule has 7 nitrogen and oxygen atoms in total. The van der Waals surface area contributed by atoms with Gasteiger partial charge in [0.05, 0.1) is 26.3 Å². The summed E-state index contributed by atoms with van der Waals surface area (Å²) in [5.74, 6) is 1.46. The highest BCUT2D eigenvalue weighted by Crippen LogP contribution is 2.27. The number of nitrogens with one attached hydrogen (secondary N) is 1. The summed E-state index contributed by atoms with van der Waals surface area (Å²) in [5.41, 5.74) is -0.407. The van der Waals surface area contributed by atoms with Crippen LogP contribution in [-0.2, 0) is 9.53 Å². The van der Waals surface area contributed by atoms with Crippen molar-refractivity contribution in [1.29, 1.82) is 0 Å². The molecule has 1 aromatic heterocycles. The van der Waals surface area contributed by atoms with Crippen LogP contribution in [0.5, 0.6) is 0 Å². The summed E-state index contributed by atoms with van der Waals surface area (Å²) in [6.45, 7) is 8.03. The lowest BCUT2D eigenvalue weighted by Crippen LogP contribution is -2.50. The van der Waals surface area contributed by atoms with Crippen molar-refractivity contribution in [1.82, 2.24) is 19.8 Å². The third kappa shape index (κ3) is 5.11. The van der Waals surface area contributed by atoms with E-state index in [0.717, 1.165) is 5.69 Å². The van der Waals surface area contributed by atoms with Gasteiger partial charge < -0.3 is 15.0 Å². The average Bonchev–Trinajstić information content (AvgIpc) is 2.62. The number of piperidine rings is 1. The van der Waals surface area contributed by atoms with E-state index in [1.807, 2.05) is 24.8 Å². The number of morpholine rings is 1. The third-order valence-electron chi connectivity index (χ3n) is 5.03. The fourth-order valence-corrected chi connectivity index (χ4v) is 3.45. The zero-order chi connectivity index (χ0) is 18.6. The van der Waals surface area contributed by atoms with Crippen molar-refractivity contribution >= 4 is 11.7 Å². The van der Waals surface area contributed by atoms with Crippen molar-refractivity contribution < 1.29 is 13.9 Å². The second-order valence-electron chi connectivity index (χ2n) is 7.22. The monoisotopic (exact) mass is 365 g/mol. The maximum absolute atomic E-state index is 15.1. The quantitative estimate of drug-likeness (QED) is 0.845. The molecular weight excluding hydrogens is 337 g/mol. The summed E-state index contributed by atoms with van der Waals surface area (Å²) >= 11 is 0. The Morgan fingerprint density at radius 1 is 1.23 bits per heavy atom. The first-order valence-corrected chi connectivity index (χ1v) is 9.26. The predicted octanol–water partition coefficient (Wildman–Crippen LogP) is 1.17. The number of anilines is 1. The van der Waals surface area contributed by atoms with Crippen LogP contribution in [0, 0.1) is 13.8 Å². The first-order chi connectivity index (χ1) is 12.4. The van der Waals surface area contributed by atoms with Crippen LogP contribution < -0.4 is 5.32 Å². The van der Waals surface area contributed by atoms with Crippen molar-refractivity contribution in [3.8, 4) is 0 Å². The normalized spacial score (nSPS) is 20.8. The molecule has 1 N–H and O–H groups in total. The van der Waals surface area contributed by atoms with E-state index in [4.69, 9.17) is 4.74 Å². The number of carbonyl (C=O) groups excluding carboxylic acids is 1. The second kappa shape index (κ2) is 8.26. The lowest BCUT2D eigenvalue weighted by atomic mass is 9.93. The summed E-state index contributed by atoms with van der Waals surface area (Å²) in [6, 6.07) is 1.83. The lowest BCUT2D eigenvalue weighted by Gasteiger charge is -2.37. The Balaban J connectivity index is 1.45. The van der Waals surface area contributed by atoms with E-state index in [-0.39, 0.29) is 12.5 Å². The Kier molecular flexibility index (Phi) is 6.03. The van der Waals surface area contributed by atoms with Crippen molar-refractivity contribution in [2.75, 3.05) is 57.8 Å². The molecule has 0 bridgehead atoms. The molecule has 8 heteroatoms. The van der Waals surface area contributed by atoms with E-state index in [1.54, 1.807) is 0 Å². The summed E-state index contributed by atoms with van der Waals surface area (Å²) in [6.07, 6.45) is 0.832. The second-order valence-corrected chi connectivity index (χ2v) is 7.22. The van der Waals surface area contributed by atoms with Crippen LogP contribution in [0.3, 0.4) is 0 Å². The zero-order valence-corrected chi connectivity index (χ0v) is 15.6. The average molecular weight is 365 g/mol. The van der Waals surface area contributed by atoms with Gasteiger partial charge in [0.15, 0.2) is 0 Å². The first-order valence-electron chi connectivity index (χ1n) is 9.26. The van der Waals surface area contributed by atoms with Crippen LogP contribution in [0.1, 0.15) is 24.4 Å². The number of hydrogen-bond donors (Lipinski definition) is 1. The van der Waals surface area contributed by atoms with Gasteiger partial charge in [0.2, 0.25) is 5.91 Å². The van der Waals surface area contributed by atoms with Gasteiger partial charge in [0.25, 0.3) is 0 Å². The molecule has 2 fully saturated rings. The summed E-state index contributed by atoms with van der Waals surface area (Å²) in [4.78, 5) is 24.7. The number of ether oxygens (including phenoxy) is 1. The minimum absolute atomic E-state index is 0.115. The minimum Gasteiger partial charge on any atom is -0.378 e. The van der Waals surface area contributed by atoms with Gasteiger partial charge in [-0.15, -0.1) is 0 Å². The minimum atomic E-state index is -1.27. The standard InChI is InChI=1S/C18H28FN5O2/c1-14-11-16(22-15(2)21-14)20-13-18(19)3-5-23(6-4-18)12-17(25)24-7-9-26-10-8-24/h11H,3-10,12-13H2,1-2H3,(H,20,21,22). The molecule has 0 radical (unpaired) electrons. The maximum Gasteiger partial charge on any atom is 0.236 e. The molecule has 0 saturated carbocycles. The molecule has 1 aromatic rings. The highest BCUT2D eigenvalue weighted by atomic mass is 19.1. The van der Waals surface area contributed by atoms with Gasteiger partial charge in [0, 0.05) is 37.9 Å². The molecule has 3 rings (SSSR count). The number of carbonyl (C=O) groups is 1. The van der Waals surface area contributed by atoms with E-state index in [1.165, 1.54) is 0 Å². The van der Waals surface area contributed by atoms with Crippen molar-refractivity contribution in [3.05, 3.63) is 17.6 Å². The fourth-order valence-electron chi connectivity index (χ4n) is 3.45. The molecule has 0 spiro atoms. The largest absolute Gasteiger partial charge is 0.378 e. The SMILES string of the molecule is Cc1cc(NCC2(F)CCN(CC(=O)N3CCOCC3)CC2)nc(C)n1. The van der Waals surface area contributed by atoms with Gasteiger partial charge in [-0.1, -0.05) is 0 Å². The molecule has 26 heavy (non-hydrogen) atoms. The van der Waals surface area contributed by atoms with Crippen molar-refractivity contribution in [3.63, 3.8) is 0 Å². The Morgan fingerprint density at radius 2 is 1.92 bits per heavy atom. The fraction of sp³-hybridized carbons (Fsp3) is 0.722. The van der Waals surface area contributed by atoms with Crippen LogP contribution in [0.15, 0.2) is 6.07 Å². The topological polar surface area (TPSA) is 70.6 Å². The number of rotatable bonds is 5. The van der Waals surface area contributed by atoms with Gasteiger partial charge in [-0.05, 0) is 26.7 Å². The number of nitrogens with zero attached hydrogens (tertiary/aromatic N) is 4. The maximum atomic E-state index is 15.1. The first kappa shape index (κ1) is 19.0. The highest BCUT2D eigenvalue weighted by molar-refractivity contribution is 5.78. The van der Waals surface area contributed by atoms with Gasteiger partial charge in [-0.3, -0.25) is 9.69 Å². The molecular formula is C18H28FN5O2. The van der Waals surface area contributed by atoms with E-state index in [2.05, 4.69) is 20.2 Å². The lowest BCUT2D eigenvalue weighted by molar-refractivity contribution is -0.137. The summed E-state index contributed by atoms with van der Waals surface area (Å²) < 4.78 is 20.4. The number of halogens is 1. The smallest absolute Gasteiger partial charge is 0.236 e. The zero-order valence-electron chi connectivity index (χ0n) is 15.6. The molecule has 3 heterocycles. The summed E-state index contributed by atoms with van der Waals surface area (Å²) in [7, 11) is 0. The molecule has 1 amide bonds. The van der Waals surface area contributed by atoms with Crippen molar-refractivity contribution in [2.24, 2.45) is 0 Å². The molecule has 2 aliphatic rings. The number of likely N-dealkylation sites (tertiary alicyclic amines) is 1. The molecule has 144 valence electrons. The molecule has 0 atom stereocenters. The van der Waals surface area contributed by atoms with Gasteiger partial charge in [0.1, 0.15) is 17.3 Å². The molecule has 2 saturated heterocycles. The Hall–Kier alpha value is -1.80. The van der Waals surface area contributed by atoms with Crippen LogP contribution in [0.25, 0.3) is 0 Å². The number of aromatic nitrogens is 2. The summed E-state index contributed by atoms with van der Waals surface area (Å²) in [5, 5.41) is 3.11. The van der Waals surface area contributed by atoms with Gasteiger partial charge in [-0.2, -0.15) is 0 Å².